The summed E-state index contributed by atoms with van der Waals surface area (Å²) in [5.74, 6) is 0.0190. The number of nitrogens with zero attached hydrogens (tertiary/aromatic N) is 2. The average molecular weight is 690 g/mol. The van der Waals surface area contributed by atoms with Crippen molar-refractivity contribution >= 4 is 17.7 Å². The van der Waals surface area contributed by atoms with Gasteiger partial charge in [-0.15, -0.1) is 0 Å². The number of oxazole rings is 1. The second kappa shape index (κ2) is 19.4. The van der Waals surface area contributed by atoms with E-state index in [-0.39, 0.29) is 30.2 Å². The van der Waals surface area contributed by atoms with Crippen LogP contribution in [0, 0.1) is 11.8 Å². The first-order chi connectivity index (χ1) is 24.0. The monoisotopic (exact) mass is 689 g/mol. The Kier molecular flexibility index (Phi) is 15.0. The third kappa shape index (κ3) is 12.4. The molecule has 4 rings (SSSR count). The van der Waals surface area contributed by atoms with Crippen LogP contribution in [0.4, 0.5) is 0 Å². The van der Waals surface area contributed by atoms with Crippen LogP contribution in [0.2, 0.25) is 0 Å². The van der Waals surface area contributed by atoms with Gasteiger partial charge in [-0.25, -0.2) is 4.98 Å². The number of nitrogens with one attached hydrogen (secondary N) is 3. The van der Waals surface area contributed by atoms with Crippen LogP contribution < -0.4 is 16.0 Å². The number of carbonyl (C=O) groups is 3. The van der Waals surface area contributed by atoms with E-state index in [0.717, 1.165) is 11.1 Å². The van der Waals surface area contributed by atoms with E-state index in [0.29, 0.717) is 75.8 Å². The molecule has 3 aromatic rings. The fourth-order valence-electron chi connectivity index (χ4n) is 6.12. The maximum atomic E-state index is 14.1. The van der Waals surface area contributed by atoms with E-state index in [4.69, 9.17) is 14.1 Å². The molecule has 272 valence electrons. The van der Waals surface area contributed by atoms with Gasteiger partial charge < -0.3 is 30.2 Å². The molecule has 2 aromatic carbocycles. The van der Waals surface area contributed by atoms with Gasteiger partial charge in [0.25, 0.3) is 0 Å². The maximum absolute atomic E-state index is 14.1. The summed E-state index contributed by atoms with van der Waals surface area (Å²) in [4.78, 5) is 48.0. The van der Waals surface area contributed by atoms with Crippen LogP contribution in [0.1, 0.15) is 88.1 Å². The van der Waals surface area contributed by atoms with Gasteiger partial charge in [-0.2, -0.15) is 0 Å². The molecule has 1 aromatic heterocycles. The number of aromatic nitrogens is 1. The van der Waals surface area contributed by atoms with E-state index >= 15 is 0 Å². The smallest absolute Gasteiger partial charge is 0.243 e. The van der Waals surface area contributed by atoms with Gasteiger partial charge in [0.2, 0.25) is 23.6 Å². The van der Waals surface area contributed by atoms with Crippen LogP contribution in [-0.2, 0) is 38.4 Å². The molecular weight excluding hydrogens is 634 g/mol. The molecular formula is C39H55N5O6. The van der Waals surface area contributed by atoms with Gasteiger partial charge in [-0.3, -0.25) is 19.3 Å². The standard InChI is InChI=1S/C39H55N5O6/c1-26(2)22-32-36(28(5)45)50-39(43-32)34(24-30-14-10-7-11-15-30)42-38(48)33(23-27(3)4)41-37(47)31(17-16-29-12-8-6-9-13-29)40-35(46)25-44-18-20-49-21-19-44/h6-15,26-28,31,33-34,45H,16-25H2,1-5H3,(H,40,46)(H,41,47)(H,42,48)/t28?,31-,33-,34-/m0/s1. The highest BCUT2D eigenvalue weighted by molar-refractivity contribution is 5.92. The lowest BCUT2D eigenvalue weighted by Gasteiger charge is -2.28. The molecule has 1 fully saturated rings. The van der Waals surface area contributed by atoms with Crippen molar-refractivity contribution in [1.29, 1.82) is 0 Å². The summed E-state index contributed by atoms with van der Waals surface area (Å²) in [7, 11) is 0. The normalized spacial score (nSPS) is 16.1. The zero-order valence-electron chi connectivity index (χ0n) is 30.2. The summed E-state index contributed by atoms with van der Waals surface area (Å²) < 4.78 is 11.6. The van der Waals surface area contributed by atoms with Gasteiger partial charge >= 0.3 is 0 Å². The van der Waals surface area contributed by atoms with E-state index in [2.05, 4.69) is 29.8 Å². The lowest BCUT2D eigenvalue weighted by Crippen LogP contribution is -2.55. The molecule has 0 aliphatic carbocycles. The molecule has 0 radical (unpaired) electrons. The van der Waals surface area contributed by atoms with Crippen LogP contribution >= 0.6 is 0 Å². The summed E-state index contributed by atoms with van der Waals surface area (Å²) in [5.41, 5.74) is 2.68. The molecule has 4 atom stereocenters. The minimum atomic E-state index is -0.877. The molecule has 1 saturated heterocycles. The first kappa shape index (κ1) is 38.7. The lowest BCUT2D eigenvalue weighted by molar-refractivity contribution is -0.133. The van der Waals surface area contributed by atoms with Gasteiger partial charge in [-0.05, 0) is 55.6 Å². The van der Waals surface area contributed by atoms with Crippen LogP contribution in [0.3, 0.4) is 0 Å². The average Bonchev–Trinajstić information content (AvgIpc) is 3.50. The zero-order chi connectivity index (χ0) is 36.0. The third-order valence-electron chi connectivity index (χ3n) is 8.65. The Morgan fingerprint density at radius 1 is 0.800 bits per heavy atom. The Labute approximate surface area is 296 Å². The van der Waals surface area contributed by atoms with Crippen molar-refractivity contribution in [1.82, 2.24) is 25.8 Å². The quantitative estimate of drug-likeness (QED) is 0.155. The molecule has 0 saturated carbocycles. The molecule has 1 unspecified atom stereocenters. The fraction of sp³-hybridized carbons (Fsp3) is 0.538. The van der Waals surface area contributed by atoms with Crippen LogP contribution in [-0.4, -0.2) is 77.6 Å². The molecule has 11 heteroatoms. The highest BCUT2D eigenvalue weighted by Gasteiger charge is 2.31. The minimum Gasteiger partial charge on any atom is -0.440 e. The molecule has 2 heterocycles. The van der Waals surface area contributed by atoms with Crippen molar-refractivity contribution in [3.63, 3.8) is 0 Å². The Hall–Kier alpha value is -4.06. The van der Waals surface area contributed by atoms with Crippen molar-refractivity contribution in [2.24, 2.45) is 11.8 Å². The Morgan fingerprint density at radius 2 is 1.42 bits per heavy atom. The Bertz CT molecular complexity index is 1490. The molecule has 11 nitrogen and oxygen atoms in total. The van der Waals surface area contributed by atoms with Gasteiger partial charge in [0, 0.05) is 19.5 Å². The summed E-state index contributed by atoms with van der Waals surface area (Å²) in [6.45, 7) is 12.4. The Balaban J connectivity index is 1.55. The number of amides is 3. The number of carbonyl (C=O) groups excluding carboxylic acids is 3. The molecule has 0 spiro atoms. The number of aliphatic hydroxyl groups excluding tert-OH is 1. The lowest BCUT2D eigenvalue weighted by atomic mass is 10.00. The number of hydrogen-bond donors (Lipinski definition) is 4. The summed E-state index contributed by atoms with van der Waals surface area (Å²) in [5, 5.41) is 19.5. The van der Waals surface area contributed by atoms with Crippen LogP contribution in [0.25, 0.3) is 0 Å². The number of morpholine rings is 1. The summed E-state index contributed by atoms with van der Waals surface area (Å²) in [6.07, 6.45) is 1.47. The highest BCUT2D eigenvalue weighted by Crippen LogP contribution is 2.27. The van der Waals surface area contributed by atoms with E-state index in [1.807, 2.05) is 79.4 Å². The van der Waals surface area contributed by atoms with Crippen molar-refractivity contribution < 1.29 is 28.6 Å². The number of hydrogen-bond acceptors (Lipinski definition) is 8. The van der Waals surface area contributed by atoms with Gasteiger partial charge in [0.1, 0.15) is 24.2 Å². The molecule has 50 heavy (non-hydrogen) atoms. The van der Waals surface area contributed by atoms with E-state index in [1.54, 1.807) is 6.92 Å². The largest absolute Gasteiger partial charge is 0.440 e. The third-order valence-corrected chi connectivity index (χ3v) is 8.65. The van der Waals surface area contributed by atoms with Crippen molar-refractivity contribution in [3.8, 4) is 0 Å². The summed E-state index contributed by atoms with van der Waals surface area (Å²) >= 11 is 0. The van der Waals surface area contributed by atoms with E-state index in [9.17, 15) is 19.5 Å². The molecule has 4 N–H and O–H groups in total. The molecule has 1 aliphatic heterocycles. The number of rotatable bonds is 18. The number of aliphatic hydroxyl groups is 1. The fourth-order valence-corrected chi connectivity index (χ4v) is 6.12. The van der Waals surface area contributed by atoms with E-state index < -0.39 is 30.1 Å². The second-order valence-corrected chi connectivity index (χ2v) is 14.1. The number of aryl methyl sites for hydroxylation is 1. The van der Waals surface area contributed by atoms with Crippen molar-refractivity contribution in [2.75, 3.05) is 32.8 Å². The topological polar surface area (TPSA) is 146 Å². The first-order valence-electron chi connectivity index (χ1n) is 17.9. The second-order valence-electron chi connectivity index (χ2n) is 14.1. The van der Waals surface area contributed by atoms with Crippen molar-refractivity contribution in [2.45, 2.75) is 91.0 Å². The number of benzene rings is 2. The molecule has 0 bridgehead atoms. The Morgan fingerprint density at radius 3 is 2.02 bits per heavy atom. The molecule has 3 amide bonds. The van der Waals surface area contributed by atoms with Gasteiger partial charge in [0.05, 0.1) is 25.5 Å². The van der Waals surface area contributed by atoms with Crippen LogP contribution in [0.15, 0.2) is 65.1 Å². The predicted octanol–water partition coefficient (Wildman–Crippen LogP) is 4.31. The predicted molar refractivity (Wildman–Crippen MR) is 192 cm³/mol. The minimum absolute atomic E-state index is 0.0820. The van der Waals surface area contributed by atoms with Gasteiger partial charge in [0.15, 0.2) is 5.76 Å². The zero-order valence-corrected chi connectivity index (χ0v) is 30.2. The summed E-state index contributed by atoms with van der Waals surface area (Å²) in [6, 6.07) is 17.2. The van der Waals surface area contributed by atoms with Gasteiger partial charge in [-0.1, -0.05) is 88.4 Å². The van der Waals surface area contributed by atoms with Crippen molar-refractivity contribution in [3.05, 3.63) is 89.1 Å². The van der Waals surface area contributed by atoms with Crippen LogP contribution in [0.5, 0.6) is 0 Å². The van der Waals surface area contributed by atoms with E-state index in [1.165, 1.54) is 0 Å². The number of ether oxygens (including phenoxy) is 1. The SMILES string of the molecule is CC(C)Cc1nc([C@H](Cc2ccccc2)NC(=O)[C@H](CC(C)C)NC(=O)[C@H](CCc2ccccc2)NC(=O)CN2CCOCC2)oc1C(C)O. The highest BCUT2D eigenvalue weighted by atomic mass is 16.5. The maximum Gasteiger partial charge on any atom is 0.243 e. The molecule has 1 aliphatic rings. The first-order valence-corrected chi connectivity index (χ1v) is 17.9.